The standard InChI is InChI=1S/C12H23P/c1-10-8-13(9-11(10)2)12-6-4-3-5-7-12/h10-12H,3-9H2,1-2H3. The Kier molecular flexibility index (Phi) is 3.30. The zero-order valence-electron chi connectivity index (χ0n) is 9.13. The fourth-order valence-corrected chi connectivity index (χ4v) is 6.96. The molecule has 2 fully saturated rings. The molecule has 0 spiro atoms. The lowest BCUT2D eigenvalue weighted by molar-refractivity contribution is 0.494. The predicted molar refractivity (Wildman–Crippen MR) is 61.9 cm³/mol. The van der Waals surface area contributed by atoms with Crippen LogP contribution in [0.5, 0.6) is 0 Å². The van der Waals surface area contributed by atoms with Gasteiger partial charge in [-0.1, -0.05) is 33.1 Å². The lowest BCUT2D eigenvalue weighted by Crippen LogP contribution is -2.11. The summed E-state index contributed by atoms with van der Waals surface area (Å²) in [5.41, 5.74) is 1.18. The van der Waals surface area contributed by atoms with Gasteiger partial charge in [-0.25, -0.2) is 0 Å². The van der Waals surface area contributed by atoms with Crippen LogP contribution in [-0.4, -0.2) is 18.0 Å². The van der Waals surface area contributed by atoms with Crippen molar-refractivity contribution in [2.24, 2.45) is 11.8 Å². The third-order valence-corrected chi connectivity index (χ3v) is 7.75. The Bertz CT molecular complexity index is 151. The van der Waals surface area contributed by atoms with E-state index in [0.717, 1.165) is 11.8 Å². The zero-order chi connectivity index (χ0) is 9.26. The summed E-state index contributed by atoms with van der Waals surface area (Å²) in [4.78, 5) is 0. The monoisotopic (exact) mass is 198 g/mol. The molecule has 0 nitrogen and oxygen atoms in total. The Labute approximate surface area is 84.2 Å². The van der Waals surface area contributed by atoms with Gasteiger partial charge in [0.1, 0.15) is 0 Å². The Hall–Kier alpha value is 0.430. The van der Waals surface area contributed by atoms with Crippen LogP contribution in [0.4, 0.5) is 0 Å². The van der Waals surface area contributed by atoms with Crippen molar-refractivity contribution in [1.82, 2.24) is 0 Å². The second-order valence-corrected chi connectivity index (χ2v) is 7.84. The lowest BCUT2D eigenvalue weighted by atomic mass is 10.0. The molecule has 1 saturated heterocycles. The van der Waals surface area contributed by atoms with E-state index in [-0.39, 0.29) is 0 Å². The van der Waals surface area contributed by atoms with Crippen LogP contribution in [0.3, 0.4) is 0 Å². The minimum absolute atomic E-state index is 0.458. The molecule has 2 unspecified atom stereocenters. The first-order valence-electron chi connectivity index (χ1n) is 6.01. The summed E-state index contributed by atoms with van der Waals surface area (Å²) in [7, 11) is 0.458. The van der Waals surface area contributed by atoms with Crippen LogP contribution < -0.4 is 0 Å². The van der Waals surface area contributed by atoms with Gasteiger partial charge in [0.15, 0.2) is 0 Å². The van der Waals surface area contributed by atoms with Gasteiger partial charge in [-0.15, -0.1) is 7.92 Å². The average molecular weight is 198 g/mol. The van der Waals surface area contributed by atoms with E-state index >= 15 is 0 Å². The number of hydrogen-bond donors (Lipinski definition) is 0. The molecular formula is C12H23P. The third-order valence-electron chi connectivity index (χ3n) is 4.11. The highest BCUT2D eigenvalue weighted by molar-refractivity contribution is 7.58. The number of hydrogen-bond acceptors (Lipinski definition) is 0. The van der Waals surface area contributed by atoms with Crippen LogP contribution in [0.15, 0.2) is 0 Å². The van der Waals surface area contributed by atoms with E-state index in [4.69, 9.17) is 0 Å². The van der Waals surface area contributed by atoms with Crippen LogP contribution in [-0.2, 0) is 0 Å². The van der Waals surface area contributed by atoms with E-state index in [1.54, 1.807) is 25.2 Å². The first-order valence-corrected chi connectivity index (χ1v) is 7.79. The molecular weight excluding hydrogens is 175 g/mol. The van der Waals surface area contributed by atoms with Crippen molar-refractivity contribution in [3.8, 4) is 0 Å². The fourth-order valence-electron chi connectivity index (χ4n) is 2.92. The van der Waals surface area contributed by atoms with Crippen LogP contribution in [0.25, 0.3) is 0 Å². The summed E-state index contributed by atoms with van der Waals surface area (Å²) in [6, 6.07) is 0. The number of rotatable bonds is 1. The van der Waals surface area contributed by atoms with Crippen molar-refractivity contribution in [3.05, 3.63) is 0 Å². The van der Waals surface area contributed by atoms with Crippen molar-refractivity contribution in [2.45, 2.75) is 51.6 Å². The highest BCUT2D eigenvalue weighted by Gasteiger charge is 2.33. The fraction of sp³-hybridized carbons (Fsp3) is 1.00. The maximum absolute atomic E-state index is 2.47. The Balaban J connectivity index is 1.87. The highest BCUT2D eigenvalue weighted by atomic mass is 31.1. The average Bonchev–Trinajstić information content (AvgIpc) is 2.49. The largest absolute Gasteiger partial charge is 0.103 e. The van der Waals surface area contributed by atoms with Gasteiger partial charge in [0.05, 0.1) is 0 Å². The molecule has 0 N–H and O–H groups in total. The summed E-state index contributed by atoms with van der Waals surface area (Å²) in [5.74, 6) is 2.07. The molecule has 1 aliphatic heterocycles. The molecule has 1 saturated carbocycles. The normalized spacial score (nSPS) is 42.5. The first-order chi connectivity index (χ1) is 6.27. The Morgan fingerprint density at radius 2 is 1.38 bits per heavy atom. The minimum atomic E-state index is 0.458. The van der Waals surface area contributed by atoms with Gasteiger partial charge in [-0.2, -0.15) is 0 Å². The maximum Gasteiger partial charge on any atom is -0.0209 e. The molecule has 1 heterocycles. The summed E-state index contributed by atoms with van der Waals surface area (Å²) in [6.45, 7) is 4.94. The van der Waals surface area contributed by atoms with Crippen molar-refractivity contribution < 1.29 is 0 Å². The van der Waals surface area contributed by atoms with Gasteiger partial charge < -0.3 is 0 Å². The van der Waals surface area contributed by atoms with E-state index in [0.29, 0.717) is 7.92 Å². The molecule has 0 radical (unpaired) electrons. The van der Waals surface area contributed by atoms with Crippen LogP contribution >= 0.6 is 7.92 Å². The highest BCUT2D eigenvalue weighted by Crippen LogP contribution is 2.55. The van der Waals surface area contributed by atoms with E-state index in [1.165, 1.54) is 24.9 Å². The Morgan fingerprint density at radius 1 is 0.846 bits per heavy atom. The van der Waals surface area contributed by atoms with E-state index in [1.807, 2.05) is 0 Å². The third kappa shape index (κ3) is 2.27. The topological polar surface area (TPSA) is 0 Å². The first kappa shape index (κ1) is 9.97. The van der Waals surface area contributed by atoms with Gasteiger partial charge >= 0.3 is 0 Å². The summed E-state index contributed by atoms with van der Waals surface area (Å²) in [5, 5.41) is 0. The molecule has 0 aromatic rings. The molecule has 1 heteroatoms. The molecule has 1 aliphatic carbocycles. The van der Waals surface area contributed by atoms with E-state index in [2.05, 4.69) is 13.8 Å². The predicted octanol–water partition coefficient (Wildman–Crippen LogP) is 4.09. The van der Waals surface area contributed by atoms with Crippen molar-refractivity contribution in [2.75, 3.05) is 12.3 Å². The lowest BCUT2D eigenvalue weighted by Gasteiger charge is -2.27. The van der Waals surface area contributed by atoms with Crippen molar-refractivity contribution in [3.63, 3.8) is 0 Å². The van der Waals surface area contributed by atoms with Crippen molar-refractivity contribution >= 4 is 7.92 Å². The van der Waals surface area contributed by atoms with Gasteiger partial charge in [-0.05, 0) is 42.7 Å². The SMILES string of the molecule is CC1CP(C2CCCCC2)CC1C. The van der Waals surface area contributed by atoms with Crippen LogP contribution in [0, 0.1) is 11.8 Å². The zero-order valence-corrected chi connectivity index (χ0v) is 10.0. The maximum atomic E-state index is 2.47. The Morgan fingerprint density at radius 3 is 1.92 bits per heavy atom. The molecule has 0 bridgehead atoms. The van der Waals surface area contributed by atoms with E-state index < -0.39 is 0 Å². The molecule has 2 atom stereocenters. The van der Waals surface area contributed by atoms with Crippen LogP contribution in [0.2, 0.25) is 0 Å². The van der Waals surface area contributed by atoms with Crippen molar-refractivity contribution in [1.29, 1.82) is 0 Å². The van der Waals surface area contributed by atoms with E-state index in [9.17, 15) is 0 Å². The molecule has 0 aromatic heterocycles. The second-order valence-electron chi connectivity index (χ2n) is 5.20. The quantitative estimate of drug-likeness (QED) is 0.557. The molecule has 13 heavy (non-hydrogen) atoms. The second kappa shape index (κ2) is 4.30. The molecule has 2 aliphatic rings. The summed E-state index contributed by atoms with van der Waals surface area (Å²) >= 11 is 0. The summed E-state index contributed by atoms with van der Waals surface area (Å²) in [6.07, 6.45) is 10.9. The molecule has 0 aromatic carbocycles. The smallest absolute Gasteiger partial charge is 0.0209 e. The molecule has 0 amide bonds. The summed E-state index contributed by atoms with van der Waals surface area (Å²) < 4.78 is 0. The van der Waals surface area contributed by atoms with Gasteiger partial charge in [0.2, 0.25) is 0 Å². The van der Waals surface area contributed by atoms with Gasteiger partial charge in [0, 0.05) is 0 Å². The molecule has 2 rings (SSSR count). The van der Waals surface area contributed by atoms with Crippen LogP contribution in [0.1, 0.15) is 46.0 Å². The molecule has 76 valence electrons. The minimum Gasteiger partial charge on any atom is -0.103 e. The van der Waals surface area contributed by atoms with Gasteiger partial charge in [0.25, 0.3) is 0 Å². The van der Waals surface area contributed by atoms with Gasteiger partial charge in [-0.3, -0.25) is 0 Å².